The predicted molar refractivity (Wildman–Crippen MR) is 87.6 cm³/mol. The van der Waals surface area contributed by atoms with Gasteiger partial charge in [0.25, 0.3) is 0 Å². The zero-order valence-electron chi connectivity index (χ0n) is 12.9. The smallest absolute Gasteiger partial charge is 0.167 e. The highest BCUT2D eigenvalue weighted by atomic mass is 16.6. The minimum absolute atomic E-state index is 0.440. The number of aromatic nitrogens is 5. The van der Waals surface area contributed by atoms with Gasteiger partial charge >= 0.3 is 0 Å². The Morgan fingerprint density at radius 1 is 1.24 bits per heavy atom. The molecule has 0 radical (unpaired) electrons. The fourth-order valence-corrected chi connectivity index (χ4v) is 2.73. The van der Waals surface area contributed by atoms with E-state index in [1.807, 2.05) is 6.07 Å². The number of pyridine rings is 1. The first-order valence-electron chi connectivity index (χ1n) is 7.51. The number of hydrogen-bond donors (Lipinski definition) is 3. The Morgan fingerprint density at radius 2 is 2.12 bits per heavy atom. The average molecular weight is 338 g/mol. The highest BCUT2D eigenvalue weighted by molar-refractivity contribution is 5.85. The second-order valence-corrected chi connectivity index (χ2v) is 5.51. The average Bonchev–Trinajstić information content (AvgIpc) is 3.18. The van der Waals surface area contributed by atoms with E-state index in [1.54, 1.807) is 18.5 Å². The standard InChI is InChI=1S/C16H14N6O3/c1-2-10-12(23)13(24)16(25-10)22-8-20-11-14(18-7-19-15(11)22)21-9-4-3-5-17-6-9/h1,3-8,10,12-13,16,23-24H,(H,18,19,21)/t10-,12-,13-,16-/m1/s1. The Balaban J connectivity index is 1.71. The number of nitrogens with one attached hydrogen (secondary N) is 1. The Bertz CT molecular complexity index is 938. The zero-order chi connectivity index (χ0) is 17.4. The van der Waals surface area contributed by atoms with Gasteiger partial charge in [0.05, 0.1) is 18.2 Å². The summed E-state index contributed by atoms with van der Waals surface area (Å²) in [6, 6.07) is 3.64. The summed E-state index contributed by atoms with van der Waals surface area (Å²) >= 11 is 0. The lowest BCUT2D eigenvalue weighted by Crippen LogP contribution is -2.30. The maximum atomic E-state index is 10.2. The molecule has 4 heterocycles. The molecule has 25 heavy (non-hydrogen) atoms. The van der Waals surface area contributed by atoms with Crippen LogP contribution in [0, 0.1) is 12.3 Å². The molecule has 3 aromatic rings. The molecule has 3 N–H and O–H groups in total. The molecular formula is C16H14N6O3. The van der Waals surface area contributed by atoms with Crippen LogP contribution in [0.25, 0.3) is 11.2 Å². The van der Waals surface area contributed by atoms with Gasteiger partial charge in [0.1, 0.15) is 24.6 Å². The van der Waals surface area contributed by atoms with Crippen LogP contribution in [0.3, 0.4) is 0 Å². The van der Waals surface area contributed by atoms with Crippen LogP contribution in [0.15, 0.2) is 37.2 Å². The fraction of sp³-hybridized carbons (Fsp3) is 0.250. The minimum Gasteiger partial charge on any atom is -0.386 e. The van der Waals surface area contributed by atoms with Crippen LogP contribution in [-0.2, 0) is 4.74 Å². The van der Waals surface area contributed by atoms with Gasteiger partial charge in [-0.1, -0.05) is 5.92 Å². The Morgan fingerprint density at radius 3 is 2.84 bits per heavy atom. The number of terminal acetylenes is 1. The third-order valence-corrected chi connectivity index (χ3v) is 3.96. The van der Waals surface area contributed by atoms with Gasteiger partial charge < -0.3 is 20.3 Å². The molecular weight excluding hydrogens is 324 g/mol. The van der Waals surface area contributed by atoms with Crippen molar-refractivity contribution in [2.45, 2.75) is 24.5 Å². The highest BCUT2D eigenvalue weighted by Gasteiger charge is 2.43. The molecule has 126 valence electrons. The molecule has 4 rings (SSSR count). The van der Waals surface area contributed by atoms with Crippen molar-refractivity contribution in [3.8, 4) is 12.3 Å². The number of anilines is 2. The summed E-state index contributed by atoms with van der Waals surface area (Å²) in [6.45, 7) is 0. The van der Waals surface area contributed by atoms with Crippen molar-refractivity contribution >= 4 is 22.7 Å². The number of fused-ring (bicyclic) bond motifs is 1. The summed E-state index contributed by atoms with van der Waals surface area (Å²) in [5.74, 6) is 2.79. The normalized spacial score (nSPS) is 25.8. The lowest BCUT2D eigenvalue weighted by molar-refractivity contribution is -0.0230. The molecule has 1 fully saturated rings. The maximum Gasteiger partial charge on any atom is 0.167 e. The van der Waals surface area contributed by atoms with Crippen molar-refractivity contribution in [2.24, 2.45) is 0 Å². The first-order valence-corrected chi connectivity index (χ1v) is 7.51. The Kier molecular flexibility index (Phi) is 3.77. The van der Waals surface area contributed by atoms with E-state index in [4.69, 9.17) is 11.2 Å². The summed E-state index contributed by atoms with van der Waals surface area (Å²) in [5.41, 5.74) is 1.67. The Labute approximate surface area is 142 Å². The van der Waals surface area contributed by atoms with Crippen LogP contribution in [0.1, 0.15) is 6.23 Å². The molecule has 3 aromatic heterocycles. The highest BCUT2D eigenvalue weighted by Crippen LogP contribution is 2.32. The van der Waals surface area contributed by atoms with E-state index in [-0.39, 0.29) is 0 Å². The van der Waals surface area contributed by atoms with Crippen LogP contribution in [0.4, 0.5) is 11.5 Å². The van der Waals surface area contributed by atoms with Crippen molar-refractivity contribution in [1.82, 2.24) is 24.5 Å². The summed E-state index contributed by atoms with van der Waals surface area (Å²) < 4.78 is 7.07. The molecule has 0 aromatic carbocycles. The molecule has 0 saturated carbocycles. The first kappa shape index (κ1) is 15.5. The summed E-state index contributed by atoms with van der Waals surface area (Å²) in [4.78, 5) is 16.7. The lowest BCUT2D eigenvalue weighted by Gasteiger charge is -2.16. The van der Waals surface area contributed by atoms with Crippen molar-refractivity contribution in [3.63, 3.8) is 0 Å². The van der Waals surface area contributed by atoms with Crippen molar-refractivity contribution in [2.75, 3.05) is 5.32 Å². The van der Waals surface area contributed by atoms with Crippen molar-refractivity contribution in [3.05, 3.63) is 37.2 Å². The molecule has 9 nitrogen and oxygen atoms in total. The number of nitrogens with zero attached hydrogens (tertiary/aromatic N) is 5. The van der Waals surface area contributed by atoms with Crippen LogP contribution >= 0.6 is 0 Å². The summed E-state index contributed by atoms with van der Waals surface area (Å²) in [6.07, 6.45) is 7.32. The molecule has 1 aliphatic heterocycles. The zero-order valence-corrected chi connectivity index (χ0v) is 12.9. The third-order valence-electron chi connectivity index (χ3n) is 3.96. The summed E-state index contributed by atoms with van der Waals surface area (Å²) in [7, 11) is 0. The van der Waals surface area contributed by atoms with Gasteiger partial charge in [0, 0.05) is 6.20 Å². The number of aliphatic hydroxyl groups is 2. The molecule has 0 aliphatic carbocycles. The van der Waals surface area contributed by atoms with Crippen LogP contribution in [-0.4, -0.2) is 53.0 Å². The van der Waals surface area contributed by atoms with Crippen molar-refractivity contribution in [1.29, 1.82) is 0 Å². The van der Waals surface area contributed by atoms with E-state index in [9.17, 15) is 10.2 Å². The van der Waals surface area contributed by atoms with Crippen molar-refractivity contribution < 1.29 is 14.9 Å². The van der Waals surface area contributed by atoms with Gasteiger partial charge in [-0.2, -0.15) is 0 Å². The van der Waals surface area contributed by atoms with Gasteiger partial charge in [-0.25, -0.2) is 15.0 Å². The topological polar surface area (TPSA) is 118 Å². The second kappa shape index (κ2) is 6.10. The van der Waals surface area contributed by atoms with Gasteiger partial charge in [0.15, 0.2) is 23.2 Å². The van der Waals surface area contributed by atoms with Gasteiger partial charge in [0.2, 0.25) is 0 Å². The second-order valence-electron chi connectivity index (χ2n) is 5.51. The minimum atomic E-state index is -1.19. The van der Waals surface area contributed by atoms with E-state index in [0.717, 1.165) is 5.69 Å². The van der Waals surface area contributed by atoms with Gasteiger partial charge in [-0.15, -0.1) is 6.42 Å². The van der Waals surface area contributed by atoms with E-state index in [0.29, 0.717) is 17.0 Å². The number of hydrogen-bond acceptors (Lipinski definition) is 8. The molecule has 1 aliphatic rings. The van der Waals surface area contributed by atoms with Crippen LogP contribution < -0.4 is 5.32 Å². The largest absolute Gasteiger partial charge is 0.386 e. The Hall–Kier alpha value is -3.06. The van der Waals surface area contributed by atoms with Gasteiger partial charge in [-0.05, 0) is 12.1 Å². The maximum absolute atomic E-state index is 10.2. The quantitative estimate of drug-likeness (QED) is 0.580. The van der Waals surface area contributed by atoms with Crippen LogP contribution in [0.5, 0.6) is 0 Å². The van der Waals surface area contributed by atoms with E-state index in [1.165, 1.54) is 17.2 Å². The third kappa shape index (κ3) is 2.58. The molecule has 0 spiro atoms. The molecule has 9 heteroatoms. The molecule has 0 unspecified atom stereocenters. The number of rotatable bonds is 3. The molecule has 0 amide bonds. The number of imidazole rings is 1. The van der Waals surface area contributed by atoms with Crippen LogP contribution in [0.2, 0.25) is 0 Å². The van der Waals surface area contributed by atoms with Gasteiger partial charge in [-0.3, -0.25) is 9.55 Å². The van der Waals surface area contributed by atoms with E-state index < -0.39 is 24.5 Å². The summed E-state index contributed by atoms with van der Waals surface area (Å²) in [5, 5.41) is 23.3. The van der Waals surface area contributed by atoms with E-state index >= 15 is 0 Å². The number of ether oxygens (including phenoxy) is 1. The SMILES string of the molecule is C#C[C@H]1O[C@@H](n2cnc3c(Nc4cccnc4)ncnc32)[C@H](O)[C@@H]1O. The first-order chi connectivity index (χ1) is 12.2. The predicted octanol–water partition coefficient (Wildman–Crippen LogP) is 0.217. The number of aliphatic hydroxyl groups excluding tert-OH is 2. The monoisotopic (exact) mass is 338 g/mol. The molecule has 1 saturated heterocycles. The van der Waals surface area contributed by atoms with E-state index in [2.05, 4.69) is 31.2 Å². The molecule has 4 atom stereocenters. The molecule has 0 bridgehead atoms. The lowest BCUT2D eigenvalue weighted by atomic mass is 10.1. The fourth-order valence-electron chi connectivity index (χ4n) is 2.73.